The molecule has 2 aliphatic rings. The van der Waals surface area contributed by atoms with Crippen LogP contribution in [-0.2, 0) is 0 Å². The Morgan fingerprint density at radius 3 is 2.66 bits per heavy atom. The van der Waals surface area contributed by atoms with Crippen molar-refractivity contribution in [3.8, 4) is 0 Å². The normalized spacial score (nSPS) is 19.7. The molecule has 0 bridgehead atoms. The standard InChI is InChI=1S/C22H33N7/c1-4-7-17-16(5-2)8-6-11-29(17)21(25)19-20(24)27-18(14-26-19)28-12-9-22(3,15-23)10-13-28/h4-5,7,14,25H,2,6,8-13,15,23H2,1,3H3,(H2,24,27)/b7-4-,25-21?. The number of nitrogens with two attached hydrogens (primary N) is 2. The van der Waals surface area contributed by atoms with Crippen molar-refractivity contribution in [2.75, 3.05) is 36.8 Å². The van der Waals surface area contributed by atoms with Crippen molar-refractivity contribution in [3.63, 3.8) is 0 Å². The van der Waals surface area contributed by atoms with Gasteiger partial charge in [0.1, 0.15) is 11.5 Å². The molecule has 1 saturated heterocycles. The van der Waals surface area contributed by atoms with E-state index in [-0.39, 0.29) is 11.3 Å². The Morgan fingerprint density at radius 2 is 2.07 bits per heavy atom. The molecule has 0 amide bonds. The molecule has 1 aromatic rings. The Morgan fingerprint density at radius 1 is 1.34 bits per heavy atom. The number of allylic oxidation sites excluding steroid dienone is 4. The van der Waals surface area contributed by atoms with Crippen LogP contribution in [0.25, 0.3) is 0 Å². The zero-order valence-corrected chi connectivity index (χ0v) is 17.6. The smallest absolute Gasteiger partial charge is 0.155 e. The lowest BCUT2D eigenvalue weighted by Crippen LogP contribution is -2.42. The van der Waals surface area contributed by atoms with E-state index in [2.05, 4.69) is 28.4 Å². The molecule has 156 valence electrons. The van der Waals surface area contributed by atoms with E-state index < -0.39 is 0 Å². The zero-order valence-electron chi connectivity index (χ0n) is 17.6. The highest BCUT2D eigenvalue weighted by molar-refractivity contribution is 6.00. The molecule has 0 aliphatic carbocycles. The van der Waals surface area contributed by atoms with Crippen molar-refractivity contribution in [1.82, 2.24) is 14.9 Å². The van der Waals surface area contributed by atoms with Gasteiger partial charge in [0, 0.05) is 25.3 Å². The molecule has 3 rings (SSSR count). The monoisotopic (exact) mass is 395 g/mol. The summed E-state index contributed by atoms with van der Waals surface area (Å²) in [5, 5.41) is 8.74. The van der Waals surface area contributed by atoms with Crippen LogP contribution in [0.3, 0.4) is 0 Å². The van der Waals surface area contributed by atoms with Gasteiger partial charge in [0.05, 0.1) is 6.20 Å². The number of nitrogens with zero attached hydrogens (tertiary/aromatic N) is 4. The number of hydrogen-bond acceptors (Lipinski definition) is 6. The summed E-state index contributed by atoms with van der Waals surface area (Å²) in [4.78, 5) is 13.3. The maximum absolute atomic E-state index is 8.74. The molecule has 0 unspecified atom stereocenters. The van der Waals surface area contributed by atoms with Crippen LogP contribution in [0, 0.1) is 10.8 Å². The summed E-state index contributed by atoms with van der Waals surface area (Å²) in [6, 6.07) is 0. The van der Waals surface area contributed by atoms with Gasteiger partial charge in [0.25, 0.3) is 0 Å². The molecule has 3 heterocycles. The molecule has 1 aromatic heterocycles. The highest BCUT2D eigenvalue weighted by atomic mass is 15.2. The fourth-order valence-corrected chi connectivity index (χ4v) is 3.98. The van der Waals surface area contributed by atoms with Gasteiger partial charge in [-0.2, -0.15) is 0 Å². The van der Waals surface area contributed by atoms with Gasteiger partial charge in [0.2, 0.25) is 0 Å². The van der Waals surface area contributed by atoms with Gasteiger partial charge in [-0.25, -0.2) is 9.97 Å². The van der Waals surface area contributed by atoms with Crippen molar-refractivity contribution in [1.29, 1.82) is 5.41 Å². The first-order valence-electron chi connectivity index (χ1n) is 10.3. The second kappa shape index (κ2) is 8.78. The molecule has 7 nitrogen and oxygen atoms in total. The van der Waals surface area contributed by atoms with E-state index in [1.807, 2.05) is 30.1 Å². The summed E-state index contributed by atoms with van der Waals surface area (Å²) in [5.41, 5.74) is 14.9. The summed E-state index contributed by atoms with van der Waals surface area (Å²) in [7, 11) is 0. The van der Waals surface area contributed by atoms with Crippen LogP contribution >= 0.6 is 0 Å². The van der Waals surface area contributed by atoms with E-state index >= 15 is 0 Å². The average Bonchev–Trinajstić information content (AvgIpc) is 2.74. The fraction of sp³-hybridized carbons (Fsp3) is 0.500. The minimum atomic E-state index is 0.199. The van der Waals surface area contributed by atoms with Gasteiger partial charge in [-0.3, -0.25) is 5.41 Å². The summed E-state index contributed by atoms with van der Waals surface area (Å²) in [6.45, 7) is 11.4. The van der Waals surface area contributed by atoms with Crippen LogP contribution in [0.2, 0.25) is 0 Å². The first-order valence-corrected chi connectivity index (χ1v) is 10.3. The van der Waals surface area contributed by atoms with E-state index in [1.54, 1.807) is 6.20 Å². The molecule has 0 spiro atoms. The summed E-state index contributed by atoms with van der Waals surface area (Å²) >= 11 is 0. The van der Waals surface area contributed by atoms with Crippen LogP contribution in [-0.4, -0.2) is 46.9 Å². The molecule has 0 aromatic carbocycles. The molecule has 7 heteroatoms. The third-order valence-corrected chi connectivity index (χ3v) is 6.09. The maximum Gasteiger partial charge on any atom is 0.155 e. The predicted molar refractivity (Wildman–Crippen MR) is 120 cm³/mol. The fourth-order valence-electron chi connectivity index (χ4n) is 3.98. The largest absolute Gasteiger partial charge is 0.382 e. The van der Waals surface area contributed by atoms with Gasteiger partial charge in [-0.1, -0.05) is 25.7 Å². The molecule has 0 radical (unpaired) electrons. The molecule has 1 fully saturated rings. The minimum absolute atomic E-state index is 0.199. The number of hydrogen-bond donors (Lipinski definition) is 3. The zero-order chi connectivity index (χ0) is 21.0. The number of amidine groups is 1. The molecular formula is C22H33N7. The molecule has 2 aliphatic heterocycles. The van der Waals surface area contributed by atoms with Crippen LogP contribution in [0.15, 0.2) is 42.3 Å². The highest BCUT2D eigenvalue weighted by Gasteiger charge is 2.30. The highest BCUT2D eigenvalue weighted by Crippen LogP contribution is 2.32. The van der Waals surface area contributed by atoms with Gasteiger partial charge in [-0.15, -0.1) is 0 Å². The average molecular weight is 396 g/mol. The number of nitrogen functional groups attached to an aromatic ring is 1. The lowest BCUT2D eigenvalue weighted by Gasteiger charge is -2.39. The lowest BCUT2D eigenvalue weighted by molar-refractivity contribution is 0.258. The summed E-state index contributed by atoms with van der Waals surface area (Å²) in [6.07, 6.45) is 11.6. The van der Waals surface area contributed by atoms with Gasteiger partial charge >= 0.3 is 0 Å². The second-order valence-corrected chi connectivity index (χ2v) is 8.18. The van der Waals surface area contributed by atoms with E-state index in [1.165, 1.54) is 0 Å². The Kier molecular flexibility index (Phi) is 6.37. The Labute approximate surface area is 173 Å². The SMILES string of the molecule is C=CC1=C(/C=C\C)N(C(=N)c2ncc(N3CCC(C)(CN)CC3)nc2N)CCC1. The van der Waals surface area contributed by atoms with Crippen molar-refractivity contribution in [3.05, 3.63) is 48.0 Å². The van der Waals surface area contributed by atoms with Crippen molar-refractivity contribution in [2.24, 2.45) is 11.1 Å². The Hall–Kier alpha value is -2.67. The lowest BCUT2D eigenvalue weighted by atomic mass is 9.80. The topological polar surface area (TPSA) is 108 Å². The van der Waals surface area contributed by atoms with Crippen LogP contribution in [0.5, 0.6) is 0 Å². The van der Waals surface area contributed by atoms with Crippen molar-refractivity contribution in [2.45, 2.75) is 39.5 Å². The predicted octanol–water partition coefficient (Wildman–Crippen LogP) is 3.06. The maximum atomic E-state index is 8.74. The van der Waals surface area contributed by atoms with E-state index in [0.717, 1.165) is 62.4 Å². The Balaban J connectivity index is 1.81. The second-order valence-electron chi connectivity index (χ2n) is 8.18. The van der Waals surface area contributed by atoms with Gasteiger partial charge in [-0.05, 0) is 56.2 Å². The number of nitrogens with one attached hydrogen (secondary N) is 1. The van der Waals surface area contributed by atoms with Crippen molar-refractivity contribution < 1.29 is 0 Å². The quantitative estimate of drug-likeness (QED) is 0.522. The first-order chi connectivity index (χ1) is 13.9. The molecule has 5 N–H and O–H groups in total. The number of aromatic nitrogens is 2. The van der Waals surface area contributed by atoms with Crippen molar-refractivity contribution >= 4 is 17.5 Å². The number of anilines is 2. The van der Waals surface area contributed by atoms with E-state index in [0.29, 0.717) is 18.1 Å². The van der Waals surface area contributed by atoms with Crippen LogP contribution in [0.1, 0.15) is 45.2 Å². The summed E-state index contributed by atoms with van der Waals surface area (Å²) < 4.78 is 0. The Bertz CT molecular complexity index is 832. The minimum Gasteiger partial charge on any atom is -0.382 e. The molecule has 0 atom stereocenters. The number of piperidine rings is 1. The van der Waals surface area contributed by atoms with E-state index in [9.17, 15) is 0 Å². The van der Waals surface area contributed by atoms with Crippen LogP contribution < -0.4 is 16.4 Å². The molecular weight excluding hydrogens is 362 g/mol. The van der Waals surface area contributed by atoms with E-state index in [4.69, 9.17) is 16.9 Å². The molecule has 29 heavy (non-hydrogen) atoms. The third-order valence-electron chi connectivity index (χ3n) is 6.09. The molecule has 0 saturated carbocycles. The third kappa shape index (κ3) is 4.34. The number of rotatable bonds is 5. The summed E-state index contributed by atoms with van der Waals surface area (Å²) in [5.74, 6) is 1.35. The van der Waals surface area contributed by atoms with Crippen LogP contribution in [0.4, 0.5) is 11.6 Å². The first kappa shape index (κ1) is 21.0. The van der Waals surface area contributed by atoms with Gasteiger partial charge in [0.15, 0.2) is 11.7 Å². The van der Waals surface area contributed by atoms with Gasteiger partial charge < -0.3 is 21.3 Å².